The van der Waals surface area contributed by atoms with E-state index in [1.165, 1.54) is 0 Å². The molecule has 4 heteroatoms. The fraction of sp³-hybridized carbons (Fsp3) is 0.250. The Balaban J connectivity index is 2.02. The van der Waals surface area contributed by atoms with Gasteiger partial charge in [0.05, 0.1) is 10.8 Å². The second kappa shape index (κ2) is 5.07. The van der Waals surface area contributed by atoms with E-state index >= 15 is 0 Å². The number of nitrogens with zero attached hydrogens (tertiary/aromatic N) is 1. The minimum Gasteiger partial charge on any atom is -0.360 e. The van der Waals surface area contributed by atoms with E-state index in [9.17, 15) is 4.79 Å². The minimum absolute atomic E-state index is 0.121. The molecule has 0 atom stereocenters. The van der Waals surface area contributed by atoms with Crippen LogP contribution in [0.3, 0.4) is 0 Å². The van der Waals surface area contributed by atoms with E-state index < -0.39 is 0 Å². The summed E-state index contributed by atoms with van der Waals surface area (Å²) in [6.45, 7) is 2.76. The third-order valence-electron chi connectivity index (χ3n) is 2.40. The predicted octanol–water partition coefficient (Wildman–Crippen LogP) is 2.49. The van der Waals surface area contributed by atoms with Crippen LogP contribution in [0.25, 0.3) is 0 Å². The van der Waals surface area contributed by atoms with Crippen LogP contribution >= 0.6 is 11.8 Å². The van der Waals surface area contributed by atoms with Gasteiger partial charge in [-0.1, -0.05) is 30.0 Å². The van der Waals surface area contributed by atoms with Gasteiger partial charge < -0.3 is 10.2 Å². The van der Waals surface area contributed by atoms with E-state index in [4.69, 9.17) is 0 Å². The molecule has 0 unspecified atom stereocenters. The Kier molecular flexibility index (Phi) is 3.51. The molecule has 0 bridgehead atoms. The number of likely N-dealkylation sites (N-methyl/N-ethyl adjacent to an activating group) is 1. The Morgan fingerprint density at radius 1 is 1.44 bits per heavy atom. The van der Waals surface area contributed by atoms with Gasteiger partial charge >= 0.3 is 0 Å². The molecule has 0 radical (unpaired) electrons. The molecule has 3 nitrogen and oxygen atoms in total. The van der Waals surface area contributed by atoms with Crippen molar-refractivity contribution in [3.05, 3.63) is 41.4 Å². The number of amides is 1. The maximum absolute atomic E-state index is 11.8. The Hall–Kier alpha value is -1.42. The molecule has 1 aromatic rings. The molecule has 1 N–H and O–H groups in total. The molecule has 0 aliphatic carbocycles. The van der Waals surface area contributed by atoms with Crippen molar-refractivity contribution in [2.24, 2.45) is 0 Å². The highest BCUT2D eigenvalue weighted by Gasteiger charge is 2.24. The number of rotatable bonds is 3. The largest absolute Gasteiger partial charge is 0.360 e. The summed E-state index contributed by atoms with van der Waals surface area (Å²) >= 11 is 1.58. The maximum Gasteiger partial charge on any atom is 0.262 e. The topological polar surface area (TPSA) is 32.3 Å². The van der Waals surface area contributed by atoms with Crippen molar-refractivity contribution in [2.75, 3.05) is 17.7 Å². The number of thioether (sulfide) groups is 1. The van der Waals surface area contributed by atoms with Gasteiger partial charge in [0, 0.05) is 18.4 Å². The standard InChI is InChI=1S/C12H14N2OS/c1-2-14-9-16-11(12(14)15)8-13-10-6-4-3-5-7-10/h3-8,13H,2,9H2,1H3. The van der Waals surface area contributed by atoms with E-state index in [1.54, 1.807) is 18.0 Å². The molecule has 0 spiro atoms. The fourth-order valence-corrected chi connectivity index (χ4v) is 2.43. The SMILES string of the molecule is CCN1CSC(=CNc2ccccc2)C1=O. The summed E-state index contributed by atoms with van der Waals surface area (Å²) in [5, 5.41) is 3.13. The van der Waals surface area contributed by atoms with Crippen molar-refractivity contribution in [1.82, 2.24) is 4.90 Å². The predicted molar refractivity (Wildman–Crippen MR) is 68.0 cm³/mol. The smallest absolute Gasteiger partial charge is 0.262 e. The van der Waals surface area contributed by atoms with Crippen molar-refractivity contribution >= 4 is 23.4 Å². The van der Waals surface area contributed by atoms with E-state index in [1.807, 2.05) is 42.2 Å². The number of carbonyl (C=O) groups is 1. The molecular weight excluding hydrogens is 220 g/mol. The van der Waals surface area contributed by atoms with Crippen LogP contribution in [-0.4, -0.2) is 23.2 Å². The normalized spacial score (nSPS) is 18.2. The Bertz CT molecular complexity index is 403. The van der Waals surface area contributed by atoms with Crippen molar-refractivity contribution < 1.29 is 4.79 Å². The zero-order valence-corrected chi connectivity index (χ0v) is 9.96. The molecule has 1 amide bonds. The van der Waals surface area contributed by atoms with E-state index in [0.717, 1.165) is 23.0 Å². The summed E-state index contributed by atoms with van der Waals surface area (Å²) in [6.07, 6.45) is 1.79. The number of carbonyl (C=O) groups excluding carboxylic acids is 1. The van der Waals surface area contributed by atoms with Crippen LogP contribution in [0.5, 0.6) is 0 Å². The van der Waals surface area contributed by atoms with Crippen LogP contribution < -0.4 is 5.32 Å². The van der Waals surface area contributed by atoms with Crippen LogP contribution in [0, 0.1) is 0 Å². The van der Waals surface area contributed by atoms with E-state index in [-0.39, 0.29) is 5.91 Å². The lowest BCUT2D eigenvalue weighted by Crippen LogP contribution is -2.24. The van der Waals surface area contributed by atoms with Crippen molar-refractivity contribution in [3.63, 3.8) is 0 Å². The van der Waals surface area contributed by atoms with Gasteiger partial charge in [-0.05, 0) is 19.1 Å². The highest BCUT2D eigenvalue weighted by atomic mass is 32.2. The first-order valence-corrected chi connectivity index (χ1v) is 6.23. The third kappa shape index (κ3) is 2.39. The molecule has 16 heavy (non-hydrogen) atoms. The summed E-state index contributed by atoms with van der Waals surface area (Å²) in [6, 6.07) is 9.83. The molecule has 1 saturated heterocycles. The van der Waals surface area contributed by atoms with Crippen LogP contribution in [0.4, 0.5) is 5.69 Å². The molecule has 1 aliphatic rings. The number of para-hydroxylation sites is 1. The molecule has 2 rings (SSSR count). The first-order chi connectivity index (χ1) is 7.81. The quantitative estimate of drug-likeness (QED) is 0.816. The summed E-state index contributed by atoms with van der Waals surface area (Å²) in [4.78, 5) is 14.4. The summed E-state index contributed by atoms with van der Waals surface area (Å²) < 4.78 is 0. The van der Waals surface area contributed by atoms with Gasteiger partial charge in [0.15, 0.2) is 0 Å². The van der Waals surface area contributed by atoms with E-state index in [0.29, 0.717) is 0 Å². The summed E-state index contributed by atoms with van der Waals surface area (Å²) in [5.74, 6) is 0.883. The van der Waals surface area contributed by atoms with Crippen LogP contribution in [0.1, 0.15) is 6.92 Å². The molecule has 0 aromatic heterocycles. The van der Waals surface area contributed by atoms with Gasteiger partial charge in [0.25, 0.3) is 5.91 Å². The third-order valence-corrected chi connectivity index (χ3v) is 3.44. The van der Waals surface area contributed by atoms with Gasteiger partial charge in [-0.25, -0.2) is 0 Å². The van der Waals surface area contributed by atoms with Crippen molar-refractivity contribution in [1.29, 1.82) is 0 Å². The van der Waals surface area contributed by atoms with Crippen molar-refractivity contribution in [2.45, 2.75) is 6.92 Å². The first-order valence-electron chi connectivity index (χ1n) is 5.25. The molecule has 0 saturated carbocycles. The zero-order chi connectivity index (χ0) is 11.4. The van der Waals surface area contributed by atoms with E-state index in [2.05, 4.69) is 5.32 Å². The number of hydrogen-bond donors (Lipinski definition) is 1. The van der Waals surface area contributed by atoms with Gasteiger partial charge in [-0.15, -0.1) is 0 Å². The van der Waals surface area contributed by atoms with Gasteiger partial charge in [-0.3, -0.25) is 4.79 Å². The number of nitrogens with one attached hydrogen (secondary N) is 1. The Labute approximate surface area is 99.5 Å². The second-order valence-electron chi connectivity index (χ2n) is 3.45. The van der Waals surface area contributed by atoms with Crippen LogP contribution in [-0.2, 0) is 4.79 Å². The maximum atomic E-state index is 11.8. The Morgan fingerprint density at radius 3 is 2.81 bits per heavy atom. The minimum atomic E-state index is 0.121. The Morgan fingerprint density at radius 2 is 2.19 bits per heavy atom. The van der Waals surface area contributed by atoms with Crippen LogP contribution in [0.15, 0.2) is 41.4 Å². The lowest BCUT2D eigenvalue weighted by molar-refractivity contribution is -0.124. The first kappa shape index (κ1) is 11.1. The lowest BCUT2D eigenvalue weighted by atomic mass is 10.3. The molecule has 1 aliphatic heterocycles. The molecule has 1 heterocycles. The summed E-state index contributed by atoms with van der Waals surface area (Å²) in [5.41, 5.74) is 0.998. The lowest BCUT2D eigenvalue weighted by Gasteiger charge is -2.09. The monoisotopic (exact) mass is 234 g/mol. The highest BCUT2D eigenvalue weighted by molar-refractivity contribution is 8.04. The van der Waals surface area contributed by atoms with Gasteiger partial charge in [0.2, 0.25) is 0 Å². The summed E-state index contributed by atoms with van der Waals surface area (Å²) in [7, 11) is 0. The average molecular weight is 234 g/mol. The number of hydrogen-bond acceptors (Lipinski definition) is 3. The molecular formula is C12H14N2OS. The highest BCUT2D eigenvalue weighted by Crippen LogP contribution is 2.27. The molecule has 84 valence electrons. The molecule has 1 fully saturated rings. The van der Waals surface area contributed by atoms with Crippen molar-refractivity contribution in [3.8, 4) is 0 Å². The zero-order valence-electron chi connectivity index (χ0n) is 9.14. The molecule has 1 aromatic carbocycles. The van der Waals surface area contributed by atoms with Gasteiger partial charge in [-0.2, -0.15) is 0 Å². The number of benzene rings is 1. The van der Waals surface area contributed by atoms with Crippen LogP contribution in [0.2, 0.25) is 0 Å². The number of anilines is 1. The average Bonchev–Trinajstić information content (AvgIpc) is 2.69. The second-order valence-corrected chi connectivity index (χ2v) is 4.44. The fourth-order valence-electron chi connectivity index (χ4n) is 1.45. The van der Waals surface area contributed by atoms with Gasteiger partial charge in [0.1, 0.15) is 0 Å².